The van der Waals surface area contributed by atoms with Gasteiger partial charge in [0.1, 0.15) is 6.54 Å². The third kappa shape index (κ3) is 5.48. The highest BCUT2D eigenvalue weighted by Crippen LogP contribution is 2.27. The van der Waals surface area contributed by atoms with Gasteiger partial charge in [-0.05, 0) is 49.7 Å². The number of amides is 1. The first-order valence-corrected chi connectivity index (χ1v) is 11.8. The van der Waals surface area contributed by atoms with Crippen molar-refractivity contribution in [3.05, 3.63) is 93.5 Å². The largest absolute Gasteiger partial charge is 0.271 e. The van der Waals surface area contributed by atoms with Crippen molar-refractivity contribution in [1.29, 1.82) is 0 Å². The highest BCUT2D eigenvalue weighted by atomic mass is 35.5. The van der Waals surface area contributed by atoms with Crippen molar-refractivity contribution in [2.45, 2.75) is 18.7 Å². The molecule has 0 radical (unpaired) electrons. The molecule has 0 fully saturated rings. The number of carbonyl (C=O) groups excluding carboxylic acids is 1. The first-order valence-electron chi connectivity index (χ1n) is 9.61. The minimum Gasteiger partial charge on any atom is -0.271 e. The number of aryl methyl sites for hydroxylation is 2. The Morgan fingerprint density at radius 1 is 1.00 bits per heavy atom. The summed E-state index contributed by atoms with van der Waals surface area (Å²) in [6.07, 6.45) is 1.32. The Labute approximate surface area is 197 Å². The van der Waals surface area contributed by atoms with Crippen LogP contribution in [0.5, 0.6) is 0 Å². The van der Waals surface area contributed by atoms with E-state index in [1.807, 2.05) is 13.0 Å². The molecule has 1 amide bonds. The van der Waals surface area contributed by atoms with Gasteiger partial charge in [-0.25, -0.2) is 13.8 Å². The van der Waals surface area contributed by atoms with E-state index < -0.39 is 22.5 Å². The number of hydrazone groups is 1. The van der Waals surface area contributed by atoms with Crippen molar-refractivity contribution in [3.8, 4) is 0 Å². The van der Waals surface area contributed by atoms with Gasteiger partial charge in [0, 0.05) is 5.56 Å². The number of anilines is 1. The van der Waals surface area contributed by atoms with Crippen LogP contribution in [0.3, 0.4) is 0 Å². The number of nitrogens with zero attached hydrogens (tertiary/aromatic N) is 2. The summed E-state index contributed by atoms with van der Waals surface area (Å²) in [4.78, 5) is 12.7. The van der Waals surface area contributed by atoms with Crippen LogP contribution in [0.2, 0.25) is 10.0 Å². The summed E-state index contributed by atoms with van der Waals surface area (Å²) in [6, 6.07) is 18.3. The summed E-state index contributed by atoms with van der Waals surface area (Å²) in [5.41, 5.74) is 4.91. The molecule has 3 aromatic carbocycles. The number of carbonyl (C=O) groups is 1. The lowest BCUT2D eigenvalue weighted by Gasteiger charge is -2.25. The molecule has 0 saturated heterocycles. The SMILES string of the molecule is Cc1ccc(N(CC(=O)NN=Cc2c(Cl)cccc2Cl)S(=O)(=O)c2ccccc2)c(C)c1. The zero-order valence-electron chi connectivity index (χ0n) is 17.4. The molecular formula is C23H21Cl2N3O3S. The monoisotopic (exact) mass is 489 g/mol. The molecule has 166 valence electrons. The lowest BCUT2D eigenvalue weighted by atomic mass is 10.1. The minimum atomic E-state index is -4.00. The first-order chi connectivity index (χ1) is 15.2. The van der Waals surface area contributed by atoms with Gasteiger partial charge in [-0.3, -0.25) is 9.10 Å². The van der Waals surface area contributed by atoms with Gasteiger partial charge in [0.25, 0.3) is 15.9 Å². The summed E-state index contributed by atoms with van der Waals surface area (Å²) in [5.74, 6) is -0.621. The minimum absolute atomic E-state index is 0.0825. The van der Waals surface area contributed by atoms with E-state index in [2.05, 4.69) is 10.5 Å². The van der Waals surface area contributed by atoms with E-state index >= 15 is 0 Å². The van der Waals surface area contributed by atoms with Crippen molar-refractivity contribution in [2.24, 2.45) is 5.10 Å². The Morgan fingerprint density at radius 3 is 2.28 bits per heavy atom. The molecule has 3 aromatic rings. The van der Waals surface area contributed by atoms with Crippen LogP contribution in [0.15, 0.2) is 76.7 Å². The van der Waals surface area contributed by atoms with Crippen LogP contribution in [0, 0.1) is 13.8 Å². The van der Waals surface area contributed by atoms with E-state index in [-0.39, 0.29) is 4.90 Å². The third-order valence-corrected chi connectivity index (χ3v) is 7.06. The molecule has 0 aliphatic heterocycles. The molecular weight excluding hydrogens is 469 g/mol. The van der Waals surface area contributed by atoms with Gasteiger partial charge in [0.15, 0.2) is 0 Å². The predicted molar refractivity (Wildman–Crippen MR) is 129 cm³/mol. The Kier molecular flexibility index (Phi) is 7.56. The number of nitrogens with one attached hydrogen (secondary N) is 1. The van der Waals surface area contributed by atoms with Gasteiger partial charge in [-0.2, -0.15) is 5.10 Å². The summed E-state index contributed by atoms with van der Waals surface area (Å²) in [6.45, 7) is 3.24. The molecule has 32 heavy (non-hydrogen) atoms. The van der Waals surface area contributed by atoms with Gasteiger partial charge in [0.05, 0.1) is 26.8 Å². The number of halogens is 2. The highest BCUT2D eigenvalue weighted by molar-refractivity contribution is 7.92. The quantitative estimate of drug-likeness (QED) is 0.376. The molecule has 0 saturated carbocycles. The predicted octanol–water partition coefficient (Wildman–Crippen LogP) is 4.96. The number of benzene rings is 3. The molecule has 9 heteroatoms. The number of hydrogen-bond donors (Lipinski definition) is 1. The van der Waals surface area contributed by atoms with Gasteiger partial charge in [0.2, 0.25) is 0 Å². The van der Waals surface area contributed by atoms with E-state index in [1.54, 1.807) is 55.5 Å². The van der Waals surface area contributed by atoms with Crippen LogP contribution in [-0.2, 0) is 14.8 Å². The average Bonchev–Trinajstić information content (AvgIpc) is 2.75. The van der Waals surface area contributed by atoms with E-state index in [9.17, 15) is 13.2 Å². The second-order valence-corrected chi connectivity index (χ2v) is 9.72. The lowest BCUT2D eigenvalue weighted by molar-refractivity contribution is -0.119. The smallest absolute Gasteiger partial charge is 0.264 e. The van der Waals surface area contributed by atoms with Crippen LogP contribution in [0.25, 0.3) is 0 Å². The molecule has 0 aliphatic carbocycles. The zero-order chi connectivity index (χ0) is 23.3. The second-order valence-electron chi connectivity index (χ2n) is 7.04. The van der Waals surface area contributed by atoms with Gasteiger partial charge in [-0.1, -0.05) is 65.2 Å². The van der Waals surface area contributed by atoms with Crippen molar-refractivity contribution >= 4 is 51.0 Å². The fraction of sp³-hybridized carbons (Fsp3) is 0.130. The van der Waals surface area contributed by atoms with Crippen molar-refractivity contribution in [3.63, 3.8) is 0 Å². The van der Waals surface area contributed by atoms with Crippen molar-refractivity contribution in [1.82, 2.24) is 5.43 Å². The Bertz CT molecular complexity index is 1240. The Hall–Kier alpha value is -2.87. The van der Waals surface area contributed by atoms with E-state index in [4.69, 9.17) is 23.2 Å². The lowest BCUT2D eigenvalue weighted by Crippen LogP contribution is -2.40. The van der Waals surface area contributed by atoms with Gasteiger partial charge < -0.3 is 0 Å². The number of rotatable bonds is 7. The molecule has 0 unspecified atom stereocenters. The molecule has 1 N–H and O–H groups in total. The van der Waals surface area contributed by atoms with Crippen molar-refractivity contribution in [2.75, 3.05) is 10.8 Å². The van der Waals surface area contributed by atoms with Crippen LogP contribution in [0.4, 0.5) is 5.69 Å². The molecule has 0 heterocycles. The first kappa shape index (κ1) is 23.8. The Balaban J connectivity index is 1.89. The molecule has 0 atom stereocenters. The maximum atomic E-state index is 13.4. The van der Waals surface area contributed by atoms with E-state index in [0.717, 1.165) is 15.4 Å². The zero-order valence-corrected chi connectivity index (χ0v) is 19.7. The fourth-order valence-corrected chi connectivity index (χ4v) is 5.07. The molecule has 3 rings (SSSR count). The molecule has 6 nitrogen and oxygen atoms in total. The standard InChI is InChI=1S/C23H21Cl2N3O3S/c1-16-11-12-22(17(2)13-16)28(32(30,31)18-7-4-3-5-8-18)15-23(29)27-26-14-19-20(24)9-6-10-21(19)25/h3-14H,15H2,1-2H3,(H,27,29). The van der Waals surface area contributed by atoms with Crippen molar-refractivity contribution < 1.29 is 13.2 Å². The van der Waals surface area contributed by atoms with Crippen LogP contribution in [-0.4, -0.2) is 27.1 Å². The fourth-order valence-electron chi connectivity index (χ4n) is 3.07. The van der Waals surface area contributed by atoms with Crippen LogP contribution < -0.4 is 9.73 Å². The summed E-state index contributed by atoms with van der Waals surface area (Å²) in [5, 5.41) is 4.63. The average molecular weight is 490 g/mol. The summed E-state index contributed by atoms with van der Waals surface area (Å²) in [7, 11) is -4.00. The summed E-state index contributed by atoms with van der Waals surface area (Å²) >= 11 is 12.2. The number of sulfonamides is 1. The van der Waals surface area contributed by atoms with E-state index in [0.29, 0.717) is 21.3 Å². The normalized spacial score (nSPS) is 11.5. The Morgan fingerprint density at radius 2 is 1.66 bits per heavy atom. The topological polar surface area (TPSA) is 78.8 Å². The molecule has 0 bridgehead atoms. The number of hydrogen-bond acceptors (Lipinski definition) is 4. The van der Waals surface area contributed by atoms with Gasteiger partial charge in [-0.15, -0.1) is 0 Å². The maximum Gasteiger partial charge on any atom is 0.264 e. The molecule has 0 spiro atoms. The highest BCUT2D eigenvalue weighted by Gasteiger charge is 2.28. The van der Waals surface area contributed by atoms with Gasteiger partial charge >= 0.3 is 0 Å². The summed E-state index contributed by atoms with van der Waals surface area (Å²) < 4.78 is 27.8. The molecule has 0 aliphatic rings. The van der Waals surface area contributed by atoms with Crippen LogP contribution >= 0.6 is 23.2 Å². The third-order valence-electron chi connectivity index (χ3n) is 4.62. The molecule has 0 aromatic heterocycles. The maximum absolute atomic E-state index is 13.4. The second kappa shape index (κ2) is 10.2. The van der Waals surface area contributed by atoms with Crippen LogP contribution in [0.1, 0.15) is 16.7 Å². The van der Waals surface area contributed by atoms with E-state index in [1.165, 1.54) is 18.3 Å².